The van der Waals surface area contributed by atoms with E-state index in [-0.39, 0.29) is 12.6 Å². The zero-order chi connectivity index (χ0) is 12.2. The molecule has 0 saturated heterocycles. The van der Waals surface area contributed by atoms with Gasteiger partial charge in [0.2, 0.25) is 0 Å². The second kappa shape index (κ2) is 5.43. The summed E-state index contributed by atoms with van der Waals surface area (Å²) < 4.78 is 4.51. The molecule has 0 radical (unpaired) electrons. The molecule has 2 N–H and O–H groups in total. The van der Waals surface area contributed by atoms with E-state index in [4.69, 9.17) is 0 Å². The first-order chi connectivity index (χ1) is 7.47. The Hall–Kier alpha value is -0.910. The standard InChI is InChI=1S/C11H17NO3S/c1-8(9-5-4-6-16-9)12-7-11(2,14)10(13)15-3/h4-6,8,12,14H,7H2,1-3H3/t8-,11?/m1/s1. The highest BCUT2D eigenvalue weighted by Crippen LogP contribution is 2.18. The maximum atomic E-state index is 11.2. The summed E-state index contributed by atoms with van der Waals surface area (Å²) in [7, 11) is 1.26. The lowest BCUT2D eigenvalue weighted by atomic mass is 10.1. The zero-order valence-electron chi connectivity index (χ0n) is 9.69. The molecule has 0 aromatic carbocycles. The van der Waals surface area contributed by atoms with Crippen molar-refractivity contribution in [2.45, 2.75) is 25.5 Å². The number of rotatable bonds is 5. The van der Waals surface area contributed by atoms with Crippen LogP contribution in [-0.2, 0) is 9.53 Å². The largest absolute Gasteiger partial charge is 0.467 e. The maximum absolute atomic E-state index is 11.2. The van der Waals surface area contributed by atoms with Crippen LogP contribution in [0.4, 0.5) is 0 Å². The van der Waals surface area contributed by atoms with Crippen molar-refractivity contribution in [1.29, 1.82) is 0 Å². The molecule has 0 saturated carbocycles. The summed E-state index contributed by atoms with van der Waals surface area (Å²) in [6.07, 6.45) is 0. The van der Waals surface area contributed by atoms with E-state index in [1.807, 2.05) is 24.4 Å². The summed E-state index contributed by atoms with van der Waals surface area (Å²) >= 11 is 1.64. The molecule has 1 aromatic rings. The summed E-state index contributed by atoms with van der Waals surface area (Å²) in [4.78, 5) is 12.4. The monoisotopic (exact) mass is 243 g/mol. The van der Waals surface area contributed by atoms with Crippen molar-refractivity contribution in [2.24, 2.45) is 0 Å². The first-order valence-electron chi connectivity index (χ1n) is 5.05. The van der Waals surface area contributed by atoms with E-state index in [0.717, 1.165) is 0 Å². The Kier molecular flexibility index (Phi) is 4.46. The smallest absolute Gasteiger partial charge is 0.338 e. The molecule has 0 aliphatic heterocycles. The summed E-state index contributed by atoms with van der Waals surface area (Å²) in [6, 6.07) is 4.09. The Balaban J connectivity index is 2.48. The van der Waals surface area contributed by atoms with Crippen molar-refractivity contribution in [3.8, 4) is 0 Å². The van der Waals surface area contributed by atoms with Crippen molar-refractivity contribution < 1.29 is 14.6 Å². The number of carbonyl (C=O) groups is 1. The summed E-state index contributed by atoms with van der Waals surface area (Å²) in [5.74, 6) is -0.627. The molecule has 0 amide bonds. The molecule has 4 nitrogen and oxygen atoms in total. The molecule has 5 heteroatoms. The van der Waals surface area contributed by atoms with Crippen molar-refractivity contribution in [3.63, 3.8) is 0 Å². The van der Waals surface area contributed by atoms with Crippen LogP contribution in [0.25, 0.3) is 0 Å². The zero-order valence-corrected chi connectivity index (χ0v) is 10.5. The fourth-order valence-electron chi connectivity index (χ4n) is 1.28. The van der Waals surface area contributed by atoms with Gasteiger partial charge in [-0.15, -0.1) is 11.3 Å². The molecule has 2 atom stereocenters. The van der Waals surface area contributed by atoms with E-state index in [1.54, 1.807) is 11.3 Å². The third-order valence-electron chi connectivity index (χ3n) is 2.35. The van der Waals surface area contributed by atoms with Gasteiger partial charge >= 0.3 is 5.97 Å². The average molecular weight is 243 g/mol. The third kappa shape index (κ3) is 3.30. The number of nitrogens with one attached hydrogen (secondary N) is 1. The second-order valence-corrected chi connectivity index (χ2v) is 4.86. The van der Waals surface area contributed by atoms with Crippen LogP contribution < -0.4 is 5.32 Å². The third-order valence-corrected chi connectivity index (χ3v) is 3.40. The van der Waals surface area contributed by atoms with Gasteiger partial charge in [-0.3, -0.25) is 0 Å². The van der Waals surface area contributed by atoms with Gasteiger partial charge in [-0.25, -0.2) is 4.79 Å². The minimum atomic E-state index is -1.49. The first kappa shape index (κ1) is 13.2. The number of thiophene rings is 1. The molecule has 1 unspecified atom stereocenters. The van der Waals surface area contributed by atoms with Crippen molar-refractivity contribution in [1.82, 2.24) is 5.32 Å². The molecule has 0 aliphatic carbocycles. The van der Waals surface area contributed by atoms with Crippen molar-refractivity contribution >= 4 is 17.3 Å². The Labute approximate surface area is 99.2 Å². The number of methoxy groups -OCH3 is 1. The van der Waals surface area contributed by atoms with Crippen molar-refractivity contribution in [3.05, 3.63) is 22.4 Å². The van der Waals surface area contributed by atoms with Gasteiger partial charge in [0.15, 0.2) is 5.60 Å². The minimum Gasteiger partial charge on any atom is -0.467 e. The predicted molar refractivity (Wildman–Crippen MR) is 63.4 cm³/mol. The van der Waals surface area contributed by atoms with Gasteiger partial charge < -0.3 is 15.2 Å². The number of hydrogen-bond acceptors (Lipinski definition) is 5. The molecular weight excluding hydrogens is 226 g/mol. The molecular formula is C11H17NO3S. The van der Waals surface area contributed by atoms with Gasteiger partial charge in [0.05, 0.1) is 7.11 Å². The highest BCUT2D eigenvalue weighted by molar-refractivity contribution is 7.10. The normalized spacial score (nSPS) is 16.5. The lowest BCUT2D eigenvalue weighted by molar-refractivity contribution is -0.160. The van der Waals surface area contributed by atoms with Crippen LogP contribution in [0.15, 0.2) is 17.5 Å². The number of carbonyl (C=O) groups excluding carboxylic acids is 1. The summed E-state index contributed by atoms with van der Waals surface area (Å²) in [5.41, 5.74) is -1.49. The van der Waals surface area contributed by atoms with Gasteiger partial charge in [-0.1, -0.05) is 6.07 Å². The first-order valence-corrected chi connectivity index (χ1v) is 5.93. The fourth-order valence-corrected chi connectivity index (χ4v) is 2.04. The van der Waals surface area contributed by atoms with Crippen LogP contribution in [-0.4, -0.2) is 30.3 Å². The molecule has 90 valence electrons. The summed E-state index contributed by atoms with van der Waals surface area (Å²) in [5, 5.41) is 14.9. The Morgan fingerprint density at radius 2 is 2.44 bits per heavy atom. The molecule has 1 heterocycles. The van der Waals surface area contributed by atoms with Crippen LogP contribution in [0.3, 0.4) is 0 Å². The van der Waals surface area contributed by atoms with E-state index >= 15 is 0 Å². The van der Waals surface area contributed by atoms with Crippen LogP contribution >= 0.6 is 11.3 Å². The summed E-state index contributed by atoms with van der Waals surface area (Å²) in [6.45, 7) is 3.59. The quantitative estimate of drug-likeness (QED) is 0.766. The lowest BCUT2D eigenvalue weighted by Crippen LogP contribution is -2.46. The van der Waals surface area contributed by atoms with Crippen LogP contribution in [0.5, 0.6) is 0 Å². The molecule has 1 rings (SSSR count). The van der Waals surface area contributed by atoms with Gasteiger partial charge in [0.25, 0.3) is 0 Å². The highest BCUT2D eigenvalue weighted by atomic mass is 32.1. The van der Waals surface area contributed by atoms with Crippen LogP contribution in [0.1, 0.15) is 24.8 Å². The predicted octanol–water partition coefficient (Wildman–Crippen LogP) is 1.32. The highest BCUT2D eigenvalue weighted by Gasteiger charge is 2.31. The van der Waals surface area contributed by atoms with E-state index in [1.165, 1.54) is 18.9 Å². The number of hydrogen-bond donors (Lipinski definition) is 2. The van der Waals surface area contributed by atoms with Crippen LogP contribution in [0, 0.1) is 0 Å². The van der Waals surface area contributed by atoms with E-state index in [9.17, 15) is 9.90 Å². The topological polar surface area (TPSA) is 58.6 Å². The molecule has 16 heavy (non-hydrogen) atoms. The van der Waals surface area contributed by atoms with Gasteiger partial charge in [0, 0.05) is 17.5 Å². The molecule has 0 fully saturated rings. The minimum absolute atomic E-state index is 0.108. The van der Waals surface area contributed by atoms with E-state index < -0.39 is 11.6 Å². The Bertz CT molecular complexity index is 335. The van der Waals surface area contributed by atoms with Crippen LogP contribution in [0.2, 0.25) is 0 Å². The van der Waals surface area contributed by atoms with E-state index in [2.05, 4.69) is 10.1 Å². The van der Waals surface area contributed by atoms with Gasteiger partial charge in [-0.05, 0) is 25.3 Å². The maximum Gasteiger partial charge on any atom is 0.338 e. The number of ether oxygens (including phenoxy) is 1. The average Bonchev–Trinajstić information content (AvgIpc) is 2.78. The molecule has 0 spiro atoms. The van der Waals surface area contributed by atoms with E-state index in [0.29, 0.717) is 0 Å². The fraction of sp³-hybridized carbons (Fsp3) is 0.545. The van der Waals surface area contributed by atoms with Gasteiger partial charge in [0.1, 0.15) is 0 Å². The number of esters is 1. The van der Waals surface area contributed by atoms with Crippen molar-refractivity contribution in [2.75, 3.05) is 13.7 Å². The Morgan fingerprint density at radius 1 is 1.75 bits per heavy atom. The molecule has 0 bridgehead atoms. The van der Waals surface area contributed by atoms with Gasteiger partial charge in [-0.2, -0.15) is 0 Å². The molecule has 0 aliphatic rings. The Morgan fingerprint density at radius 3 is 2.94 bits per heavy atom. The molecule has 1 aromatic heterocycles. The second-order valence-electron chi connectivity index (χ2n) is 3.88. The SMILES string of the molecule is COC(=O)C(C)(O)CN[C@H](C)c1cccs1. The lowest BCUT2D eigenvalue weighted by Gasteiger charge is -2.22. The number of aliphatic hydroxyl groups is 1.